The van der Waals surface area contributed by atoms with Gasteiger partial charge in [0.2, 0.25) is 0 Å². The summed E-state index contributed by atoms with van der Waals surface area (Å²) in [7, 11) is 0. The highest BCUT2D eigenvalue weighted by atomic mass is 79.9. The van der Waals surface area contributed by atoms with Crippen LogP contribution in [0.3, 0.4) is 0 Å². The Morgan fingerprint density at radius 3 is 2.60 bits per heavy atom. The summed E-state index contributed by atoms with van der Waals surface area (Å²) in [6.07, 6.45) is -0.724. The van der Waals surface area contributed by atoms with Crippen molar-refractivity contribution in [2.24, 2.45) is 0 Å². The maximum atomic E-state index is 10.2. The lowest BCUT2D eigenvalue weighted by molar-refractivity contribution is 0.108. The molecule has 0 aliphatic rings. The van der Waals surface area contributed by atoms with Gasteiger partial charge >= 0.3 is 0 Å². The fraction of sp³-hybridized carbons (Fsp3) is 0.200. The molecule has 0 amide bonds. The van der Waals surface area contributed by atoms with Gasteiger partial charge in [-0.2, -0.15) is 0 Å². The molecule has 0 saturated heterocycles. The third-order valence-electron chi connectivity index (χ3n) is 2.88. The second-order valence-electron chi connectivity index (χ2n) is 4.53. The van der Waals surface area contributed by atoms with Crippen molar-refractivity contribution in [2.75, 3.05) is 12.3 Å². The molecule has 0 aromatic heterocycles. The molecule has 2 rings (SSSR count). The Hall–Kier alpha value is -1.04. The van der Waals surface area contributed by atoms with Crippen molar-refractivity contribution < 1.29 is 9.84 Å². The predicted molar refractivity (Wildman–Crippen MR) is 87.9 cm³/mol. The zero-order valence-corrected chi connectivity index (χ0v) is 14.1. The third kappa shape index (κ3) is 3.75. The van der Waals surface area contributed by atoms with Gasteiger partial charge in [-0.15, -0.1) is 0 Å². The first kappa shape index (κ1) is 15.4. The number of halogens is 2. The molecule has 1 unspecified atom stereocenters. The molecule has 20 heavy (non-hydrogen) atoms. The van der Waals surface area contributed by atoms with E-state index in [9.17, 15) is 5.11 Å². The molecule has 5 heteroatoms. The fourth-order valence-corrected chi connectivity index (χ4v) is 3.14. The summed E-state index contributed by atoms with van der Waals surface area (Å²) in [5.74, 6) is 0.586. The molecule has 106 valence electrons. The second-order valence-corrected chi connectivity index (χ2v) is 6.30. The number of rotatable bonds is 4. The monoisotopic (exact) mass is 399 g/mol. The van der Waals surface area contributed by atoms with E-state index in [4.69, 9.17) is 10.5 Å². The molecule has 2 aromatic carbocycles. The van der Waals surface area contributed by atoms with Crippen LogP contribution in [-0.4, -0.2) is 11.7 Å². The van der Waals surface area contributed by atoms with Gasteiger partial charge in [0, 0.05) is 8.95 Å². The number of benzene rings is 2. The summed E-state index contributed by atoms with van der Waals surface area (Å²) in [5.41, 5.74) is 8.30. The molecule has 0 bridgehead atoms. The van der Waals surface area contributed by atoms with Gasteiger partial charge in [0.25, 0.3) is 0 Å². The van der Waals surface area contributed by atoms with Crippen molar-refractivity contribution in [3.8, 4) is 5.75 Å². The maximum Gasteiger partial charge on any atom is 0.142 e. The molecule has 2 aromatic rings. The number of aryl methyl sites for hydroxylation is 1. The lowest BCUT2D eigenvalue weighted by atomic mass is 10.1. The van der Waals surface area contributed by atoms with Gasteiger partial charge in [-0.25, -0.2) is 0 Å². The highest BCUT2D eigenvalue weighted by Gasteiger charge is 2.13. The summed E-state index contributed by atoms with van der Waals surface area (Å²) >= 11 is 6.81. The van der Waals surface area contributed by atoms with Crippen LogP contribution in [-0.2, 0) is 0 Å². The predicted octanol–water partition coefficient (Wildman–Crippen LogP) is 4.21. The zero-order valence-electron chi connectivity index (χ0n) is 10.9. The molecule has 1 atom stereocenters. The van der Waals surface area contributed by atoms with E-state index in [0.717, 1.165) is 20.1 Å². The minimum atomic E-state index is -0.724. The standard InChI is InChI=1S/C15H15Br2NO2/c1-9-2-5-15(13(18)6-9)20-8-14(19)11-4-3-10(16)7-12(11)17/h2-7,14,19H,8,18H2,1H3. The van der Waals surface area contributed by atoms with Gasteiger partial charge in [0.05, 0.1) is 5.69 Å². The first-order chi connectivity index (χ1) is 9.47. The number of aliphatic hydroxyl groups is 1. The zero-order chi connectivity index (χ0) is 14.7. The first-order valence-corrected chi connectivity index (χ1v) is 7.68. The van der Waals surface area contributed by atoms with E-state index >= 15 is 0 Å². The van der Waals surface area contributed by atoms with Crippen LogP contribution >= 0.6 is 31.9 Å². The van der Waals surface area contributed by atoms with E-state index in [1.807, 2.05) is 43.3 Å². The van der Waals surface area contributed by atoms with Gasteiger partial charge in [0.1, 0.15) is 18.5 Å². The summed E-state index contributed by atoms with van der Waals surface area (Å²) in [5, 5.41) is 10.2. The van der Waals surface area contributed by atoms with Crippen molar-refractivity contribution in [3.05, 3.63) is 56.5 Å². The van der Waals surface area contributed by atoms with Crippen LogP contribution in [0, 0.1) is 6.92 Å². The third-order valence-corrected chi connectivity index (χ3v) is 4.06. The molecule has 0 saturated carbocycles. The van der Waals surface area contributed by atoms with Crippen molar-refractivity contribution >= 4 is 37.5 Å². The Morgan fingerprint density at radius 2 is 1.95 bits per heavy atom. The molecule has 3 N–H and O–H groups in total. The van der Waals surface area contributed by atoms with Crippen LogP contribution in [0.1, 0.15) is 17.2 Å². The SMILES string of the molecule is Cc1ccc(OCC(O)c2ccc(Br)cc2Br)c(N)c1. The topological polar surface area (TPSA) is 55.5 Å². The van der Waals surface area contributed by atoms with E-state index in [1.165, 1.54) is 0 Å². The van der Waals surface area contributed by atoms with Crippen LogP contribution < -0.4 is 10.5 Å². The minimum Gasteiger partial charge on any atom is -0.488 e. The molecule has 0 aliphatic heterocycles. The highest BCUT2D eigenvalue weighted by Crippen LogP contribution is 2.28. The van der Waals surface area contributed by atoms with Crippen molar-refractivity contribution in [2.45, 2.75) is 13.0 Å². The van der Waals surface area contributed by atoms with Crippen molar-refractivity contribution in [1.29, 1.82) is 0 Å². The Balaban J connectivity index is 2.06. The van der Waals surface area contributed by atoms with E-state index in [0.29, 0.717) is 11.4 Å². The van der Waals surface area contributed by atoms with Gasteiger partial charge < -0.3 is 15.6 Å². The lowest BCUT2D eigenvalue weighted by Gasteiger charge is -2.15. The van der Waals surface area contributed by atoms with Crippen LogP contribution in [0.5, 0.6) is 5.75 Å². The molecule has 0 fully saturated rings. The number of aliphatic hydroxyl groups excluding tert-OH is 1. The van der Waals surface area contributed by atoms with Gasteiger partial charge in [0.15, 0.2) is 0 Å². The Bertz CT molecular complexity index is 617. The second kappa shape index (κ2) is 6.61. The van der Waals surface area contributed by atoms with Crippen molar-refractivity contribution in [1.82, 2.24) is 0 Å². The lowest BCUT2D eigenvalue weighted by Crippen LogP contribution is -2.11. The van der Waals surface area contributed by atoms with E-state index in [-0.39, 0.29) is 6.61 Å². The van der Waals surface area contributed by atoms with E-state index in [1.54, 1.807) is 0 Å². The van der Waals surface area contributed by atoms with Crippen LogP contribution in [0.25, 0.3) is 0 Å². The quantitative estimate of drug-likeness (QED) is 0.755. The maximum absolute atomic E-state index is 10.2. The highest BCUT2D eigenvalue weighted by molar-refractivity contribution is 9.11. The molecule has 3 nitrogen and oxygen atoms in total. The van der Waals surface area contributed by atoms with E-state index < -0.39 is 6.10 Å². The van der Waals surface area contributed by atoms with Gasteiger partial charge in [-0.1, -0.05) is 44.0 Å². The Kier molecular flexibility index (Phi) is 5.07. The Labute approximate surface area is 135 Å². The summed E-state index contributed by atoms with van der Waals surface area (Å²) < 4.78 is 7.37. The molecule has 0 radical (unpaired) electrons. The summed E-state index contributed by atoms with van der Waals surface area (Å²) in [6, 6.07) is 11.2. The molecular weight excluding hydrogens is 386 g/mol. The van der Waals surface area contributed by atoms with E-state index in [2.05, 4.69) is 31.9 Å². The number of hydrogen-bond donors (Lipinski definition) is 2. The molecular formula is C15H15Br2NO2. The number of hydrogen-bond acceptors (Lipinski definition) is 3. The normalized spacial score (nSPS) is 12.2. The fourth-order valence-electron chi connectivity index (χ4n) is 1.83. The molecule has 0 spiro atoms. The summed E-state index contributed by atoms with van der Waals surface area (Å²) in [4.78, 5) is 0. The minimum absolute atomic E-state index is 0.146. The average molecular weight is 401 g/mol. The Morgan fingerprint density at radius 1 is 1.20 bits per heavy atom. The largest absolute Gasteiger partial charge is 0.488 e. The molecule has 0 aliphatic carbocycles. The number of ether oxygens (including phenoxy) is 1. The number of nitrogens with two attached hydrogens (primary N) is 1. The number of nitrogen functional groups attached to an aromatic ring is 1. The molecule has 0 heterocycles. The van der Waals surface area contributed by atoms with Crippen molar-refractivity contribution in [3.63, 3.8) is 0 Å². The number of anilines is 1. The van der Waals surface area contributed by atoms with Crippen LogP contribution in [0.15, 0.2) is 45.3 Å². The summed E-state index contributed by atoms with van der Waals surface area (Å²) in [6.45, 7) is 2.11. The average Bonchev–Trinajstić information content (AvgIpc) is 2.37. The first-order valence-electron chi connectivity index (χ1n) is 6.09. The van der Waals surface area contributed by atoms with Gasteiger partial charge in [-0.3, -0.25) is 0 Å². The van der Waals surface area contributed by atoms with Crippen LogP contribution in [0.4, 0.5) is 5.69 Å². The smallest absolute Gasteiger partial charge is 0.142 e. The van der Waals surface area contributed by atoms with Crippen LogP contribution in [0.2, 0.25) is 0 Å². The van der Waals surface area contributed by atoms with Gasteiger partial charge in [-0.05, 0) is 42.3 Å².